The molecule has 3 heterocycles. The number of thiophene rings is 1. The number of fused-ring (bicyclic) bond motifs is 1. The fraction of sp³-hybridized carbons (Fsp3) is 0.481. The number of carbonyl (C=O) groups excluding carboxylic acids is 4. The van der Waals surface area contributed by atoms with Crippen LogP contribution in [-0.4, -0.2) is 67.2 Å². The molecule has 1 fully saturated rings. The zero-order chi connectivity index (χ0) is 29.0. The molecule has 0 bridgehead atoms. The van der Waals surface area contributed by atoms with Gasteiger partial charge in [-0.15, -0.1) is 11.3 Å². The summed E-state index contributed by atoms with van der Waals surface area (Å²) in [5, 5.41) is 5.18. The fourth-order valence-electron chi connectivity index (χ4n) is 5.11. The van der Waals surface area contributed by atoms with Gasteiger partial charge in [0.1, 0.15) is 5.00 Å². The number of piperidine rings is 1. The van der Waals surface area contributed by atoms with E-state index in [2.05, 4.69) is 10.6 Å². The highest BCUT2D eigenvalue weighted by molar-refractivity contribution is 7.89. The average Bonchev–Trinajstić information content (AvgIpc) is 3.30. The van der Waals surface area contributed by atoms with Crippen LogP contribution in [0.25, 0.3) is 0 Å². The predicted molar refractivity (Wildman–Crippen MR) is 150 cm³/mol. The van der Waals surface area contributed by atoms with Crippen molar-refractivity contribution < 1.29 is 32.3 Å². The summed E-state index contributed by atoms with van der Waals surface area (Å²) in [5.74, 6) is -1.36. The minimum Gasteiger partial charge on any atom is -0.450 e. The van der Waals surface area contributed by atoms with Crippen LogP contribution in [0, 0.1) is 0 Å². The molecule has 40 heavy (non-hydrogen) atoms. The summed E-state index contributed by atoms with van der Waals surface area (Å²) < 4.78 is 33.0. The summed E-state index contributed by atoms with van der Waals surface area (Å²) in [6.07, 6.45) is 2.87. The molecule has 1 aromatic carbocycles. The first-order chi connectivity index (χ1) is 19.1. The minimum absolute atomic E-state index is 0.0373. The van der Waals surface area contributed by atoms with Crippen molar-refractivity contribution >= 4 is 50.2 Å². The number of rotatable bonds is 7. The Morgan fingerprint density at radius 1 is 1.05 bits per heavy atom. The van der Waals surface area contributed by atoms with E-state index in [-0.39, 0.29) is 46.1 Å². The monoisotopic (exact) mass is 590 g/mol. The summed E-state index contributed by atoms with van der Waals surface area (Å²) in [7, 11) is -3.70. The second-order valence-corrected chi connectivity index (χ2v) is 12.7. The number of anilines is 1. The van der Waals surface area contributed by atoms with Crippen molar-refractivity contribution in [2.75, 3.05) is 25.0 Å². The Balaban J connectivity index is 1.58. The standard InChI is InChI=1S/C27H34N4O7S2/c1-4-19-8-6-7-14-31(19)40(36,37)20-11-9-18(10-12-20)24(33)28-26-23(25(34)29-27(35)38-5-2)21-13-15-30(17(3)32)16-22(21)39-26/h9-12,19H,4-8,13-16H2,1-3H3,(H,28,33)(H,29,34,35). The summed E-state index contributed by atoms with van der Waals surface area (Å²) in [6, 6.07) is 5.69. The van der Waals surface area contributed by atoms with Gasteiger partial charge < -0.3 is 15.0 Å². The molecular weight excluding hydrogens is 556 g/mol. The van der Waals surface area contributed by atoms with Crippen LogP contribution < -0.4 is 10.6 Å². The molecule has 2 N–H and O–H groups in total. The summed E-state index contributed by atoms with van der Waals surface area (Å²) >= 11 is 1.16. The van der Waals surface area contributed by atoms with Gasteiger partial charge in [-0.25, -0.2) is 13.2 Å². The van der Waals surface area contributed by atoms with Crippen LogP contribution in [-0.2, 0) is 32.5 Å². The van der Waals surface area contributed by atoms with E-state index in [0.717, 1.165) is 41.9 Å². The maximum absolute atomic E-state index is 13.3. The third-order valence-electron chi connectivity index (χ3n) is 7.21. The number of carbonyl (C=O) groups is 4. The van der Waals surface area contributed by atoms with Gasteiger partial charge in [0.05, 0.1) is 23.6 Å². The number of amides is 4. The van der Waals surface area contributed by atoms with Crippen molar-refractivity contribution in [3.63, 3.8) is 0 Å². The summed E-state index contributed by atoms with van der Waals surface area (Å²) in [4.78, 5) is 52.6. The largest absolute Gasteiger partial charge is 0.450 e. The predicted octanol–water partition coefficient (Wildman–Crippen LogP) is 3.74. The maximum Gasteiger partial charge on any atom is 0.414 e. The van der Waals surface area contributed by atoms with E-state index in [1.165, 1.54) is 31.2 Å². The van der Waals surface area contributed by atoms with Crippen molar-refractivity contribution in [1.29, 1.82) is 0 Å². The zero-order valence-corrected chi connectivity index (χ0v) is 24.5. The number of ether oxygens (including phenoxy) is 1. The maximum atomic E-state index is 13.3. The van der Waals surface area contributed by atoms with Gasteiger partial charge in [0.15, 0.2) is 0 Å². The van der Waals surface area contributed by atoms with Crippen LogP contribution in [0.15, 0.2) is 29.2 Å². The molecule has 0 aliphatic carbocycles. The first kappa shape index (κ1) is 29.7. The van der Waals surface area contributed by atoms with Crippen LogP contribution in [0.3, 0.4) is 0 Å². The Labute approximate surface area is 237 Å². The second-order valence-electron chi connectivity index (χ2n) is 9.73. The van der Waals surface area contributed by atoms with Gasteiger partial charge in [-0.1, -0.05) is 13.3 Å². The number of nitrogens with zero attached hydrogens (tertiary/aromatic N) is 2. The zero-order valence-electron chi connectivity index (χ0n) is 22.8. The molecule has 2 aliphatic rings. The Morgan fingerprint density at radius 3 is 2.42 bits per heavy atom. The lowest BCUT2D eigenvalue weighted by atomic mass is 10.0. The van der Waals surface area contributed by atoms with Gasteiger partial charge in [-0.05, 0) is 62.4 Å². The van der Waals surface area contributed by atoms with Crippen LogP contribution in [0.4, 0.5) is 9.80 Å². The molecule has 1 saturated heterocycles. The van der Waals surface area contributed by atoms with Crippen molar-refractivity contribution in [2.24, 2.45) is 0 Å². The van der Waals surface area contributed by atoms with E-state index >= 15 is 0 Å². The van der Waals surface area contributed by atoms with Crippen molar-refractivity contribution in [2.45, 2.75) is 70.4 Å². The highest BCUT2D eigenvalue weighted by Crippen LogP contribution is 2.37. The molecule has 1 unspecified atom stereocenters. The normalized spacial score (nSPS) is 17.6. The molecule has 11 nitrogen and oxygen atoms in total. The van der Waals surface area contributed by atoms with Gasteiger partial charge in [-0.3, -0.25) is 19.7 Å². The number of hydrogen-bond donors (Lipinski definition) is 2. The lowest BCUT2D eigenvalue weighted by Gasteiger charge is -2.34. The van der Waals surface area contributed by atoms with Crippen LogP contribution in [0.5, 0.6) is 0 Å². The lowest BCUT2D eigenvalue weighted by molar-refractivity contribution is -0.129. The number of nitrogens with one attached hydrogen (secondary N) is 2. The smallest absolute Gasteiger partial charge is 0.414 e. The third kappa shape index (κ3) is 6.21. The first-order valence-electron chi connectivity index (χ1n) is 13.4. The topological polar surface area (TPSA) is 142 Å². The highest BCUT2D eigenvalue weighted by atomic mass is 32.2. The number of alkyl carbamates (subject to hydrolysis) is 1. The van der Waals surface area contributed by atoms with E-state index in [0.29, 0.717) is 25.1 Å². The molecule has 13 heteroatoms. The van der Waals surface area contributed by atoms with Crippen molar-refractivity contribution in [1.82, 2.24) is 14.5 Å². The Hall–Kier alpha value is -3.29. The van der Waals surface area contributed by atoms with Crippen molar-refractivity contribution in [3.8, 4) is 0 Å². The average molecular weight is 591 g/mol. The molecule has 4 amide bonds. The molecular formula is C27H34N4O7S2. The molecule has 0 spiro atoms. The Morgan fingerprint density at radius 2 is 1.77 bits per heavy atom. The number of imide groups is 1. The SMILES string of the molecule is CCOC(=O)NC(=O)c1c(NC(=O)c2ccc(S(=O)(=O)N3CCCCC3CC)cc2)sc2c1CCN(C(C)=O)C2. The summed E-state index contributed by atoms with van der Waals surface area (Å²) in [6.45, 7) is 6.30. The molecule has 1 atom stereocenters. The third-order valence-corrected chi connectivity index (χ3v) is 10.3. The molecule has 216 valence electrons. The van der Waals surface area contributed by atoms with E-state index in [4.69, 9.17) is 4.74 Å². The summed E-state index contributed by atoms with van der Waals surface area (Å²) in [5.41, 5.74) is 1.02. The highest BCUT2D eigenvalue weighted by Gasteiger charge is 2.33. The number of sulfonamides is 1. The second kappa shape index (κ2) is 12.5. The van der Waals surface area contributed by atoms with Crippen molar-refractivity contribution in [3.05, 3.63) is 45.8 Å². The molecule has 2 aliphatic heterocycles. The molecule has 4 rings (SSSR count). The lowest BCUT2D eigenvalue weighted by Crippen LogP contribution is -2.43. The van der Waals surface area contributed by atoms with E-state index in [1.807, 2.05) is 6.92 Å². The van der Waals surface area contributed by atoms with E-state index in [1.54, 1.807) is 16.1 Å². The van der Waals surface area contributed by atoms with Gasteiger partial charge in [0.2, 0.25) is 15.9 Å². The van der Waals surface area contributed by atoms with E-state index < -0.39 is 27.9 Å². The van der Waals surface area contributed by atoms with Crippen LogP contribution in [0.1, 0.15) is 77.6 Å². The number of benzene rings is 1. The first-order valence-corrected chi connectivity index (χ1v) is 15.6. The molecule has 1 aromatic heterocycles. The van der Waals surface area contributed by atoms with Crippen LogP contribution >= 0.6 is 11.3 Å². The molecule has 2 aromatic rings. The van der Waals surface area contributed by atoms with E-state index in [9.17, 15) is 27.6 Å². The fourth-order valence-corrected chi connectivity index (χ4v) is 8.13. The Bertz CT molecular complexity index is 1400. The molecule has 0 saturated carbocycles. The molecule has 0 radical (unpaired) electrons. The number of hydrogen-bond acceptors (Lipinski definition) is 8. The van der Waals surface area contributed by atoms with Crippen LogP contribution in [0.2, 0.25) is 0 Å². The van der Waals surface area contributed by atoms with Gasteiger partial charge in [-0.2, -0.15) is 4.31 Å². The minimum atomic E-state index is -3.70. The van der Waals surface area contributed by atoms with Gasteiger partial charge in [0, 0.05) is 36.5 Å². The Kier molecular flexibility index (Phi) is 9.26. The van der Waals surface area contributed by atoms with Gasteiger partial charge in [0.25, 0.3) is 11.8 Å². The quantitative estimate of drug-likeness (QED) is 0.500. The van der Waals surface area contributed by atoms with Gasteiger partial charge >= 0.3 is 6.09 Å².